The van der Waals surface area contributed by atoms with Crippen LogP contribution >= 0.6 is 0 Å². The number of amides is 3. The normalized spacial score (nSPS) is 24.5. The van der Waals surface area contributed by atoms with E-state index in [2.05, 4.69) is 21.7 Å². The number of hydrogen-bond donors (Lipinski definition) is 3. The van der Waals surface area contributed by atoms with Gasteiger partial charge in [-0.15, -0.1) is 0 Å². The second-order valence-corrected chi connectivity index (χ2v) is 9.89. The number of H-pyrrole nitrogens is 1. The zero-order chi connectivity index (χ0) is 24.6. The van der Waals surface area contributed by atoms with Gasteiger partial charge in [-0.1, -0.05) is 26.8 Å². The highest BCUT2D eigenvalue weighted by Crippen LogP contribution is 2.42. The van der Waals surface area contributed by atoms with Gasteiger partial charge < -0.3 is 25.3 Å². The summed E-state index contributed by atoms with van der Waals surface area (Å²) in [5.41, 5.74) is 0.644. The summed E-state index contributed by atoms with van der Waals surface area (Å²) in [5.74, 6) is -0.312. The first-order chi connectivity index (χ1) is 16.2. The summed E-state index contributed by atoms with van der Waals surface area (Å²) in [6.45, 7) is 6.95. The van der Waals surface area contributed by atoms with E-state index in [1.54, 1.807) is 18.1 Å². The number of ether oxygens (including phenoxy) is 1. The fraction of sp³-hybridized carbons (Fsp3) is 0.520. The van der Waals surface area contributed by atoms with Gasteiger partial charge in [-0.3, -0.25) is 14.4 Å². The molecule has 2 saturated heterocycles. The predicted octanol–water partition coefficient (Wildman–Crippen LogP) is 2.20. The van der Waals surface area contributed by atoms with Gasteiger partial charge >= 0.3 is 0 Å². The molecule has 0 radical (unpaired) electrons. The molecule has 0 bridgehead atoms. The lowest BCUT2D eigenvalue weighted by atomic mass is 9.77. The number of hydrogen-bond acceptors (Lipinski definition) is 5. The Morgan fingerprint density at radius 3 is 2.79 bits per heavy atom. The Bertz CT molecular complexity index is 1160. The van der Waals surface area contributed by atoms with Crippen LogP contribution in [0.2, 0.25) is 0 Å². The van der Waals surface area contributed by atoms with Crippen molar-refractivity contribution in [3.05, 3.63) is 30.0 Å². The van der Waals surface area contributed by atoms with Gasteiger partial charge in [0.05, 0.1) is 13.2 Å². The molecule has 3 N–H and O–H groups in total. The molecule has 0 aliphatic carbocycles. The highest BCUT2D eigenvalue weighted by Gasteiger charge is 2.52. The summed E-state index contributed by atoms with van der Waals surface area (Å²) in [4.78, 5) is 43.7. The van der Waals surface area contributed by atoms with Crippen molar-refractivity contribution in [2.24, 2.45) is 17.3 Å². The summed E-state index contributed by atoms with van der Waals surface area (Å²) < 4.78 is 5.41. The third-order valence-electron chi connectivity index (χ3n) is 7.50. The Hall–Kier alpha value is -3.54. The Morgan fingerprint density at radius 1 is 1.38 bits per heavy atom. The highest BCUT2D eigenvalue weighted by molar-refractivity contribution is 6.02. The van der Waals surface area contributed by atoms with E-state index in [1.807, 2.05) is 39.0 Å². The molecule has 1 aromatic heterocycles. The number of benzene rings is 1. The molecular formula is C25H31N5O4. The number of fused-ring (bicyclic) bond motifs is 1. The number of aromatic amines is 1. The van der Waals surface area contributed by atoms with Crippen LogP contribution in [-0.4, -0.2) is 59.9 Å². The maximum Gasteiger partial charge on any atom is 0.271 e. The molecule has 0 spiro atoms. The van der Waals surface area contributed by atoms with Crippen LogP contribution in [0, 0.1) is 28.6 Å². The molecule has 4 atom stereocenters. The molecule has 2 aliphatic heterocycles. The average Bonchev–Trinajstić information content (AvgIpc) is 3.48. The second-order valence-electron chi connectivity index (χ2n) is 9.89. The second kappa shape index (κ2) is 9.01. The Morgan fingerprint density at radius 2 is 2.15 bits per heavy atom. The number of aromatic nitrogens is 1. The number of carbonyl (C=O) groups is 3. The van der Waals surface area contributed by atoms with Crippen LogP contribution in [0.3, 0.4) is 0 Å². The van der Waals surface area contributed by atoms with Gasteiger partial charge in [0.25, 0.3) is 5.91 Å². The van der Waals surface area contributed by atoms with Crippen LogP contribution in [0.5, 0.6) is 5.75 Å². The van der Waals surface area contributed by atoms with Gasteiger partial charge in [0.2, 0.25) is 11.8 Å². The van der Waals surface area contributed by atoms with Crippen LogP contribution in [0.15, 0.2) is 24.3 Å². The summed E-state index contributed by atoms with van der Waals surface area (Å²) in [6, 6.07) is 7.84. The van der Waals surface area contributed by atoms with Crippen molar-refractivity contribution in [1.82, 2.24) is 20.5 Å². The Kier molecular flexibility index (Phi) is 6.26. The SMILES string of the molecule is COc1cccc2[nH]c(C(=O)N3C[C@@H](C)C(C)(C)[C@H]3C(=O)N[C@H](C#N)C[C@@H]3CCNC3=O)cc12. The summed E-state index contributed by atoms with van der Waals surface area (Å²) >= 11 is 0. The van der Waals surface area contributed by atoms with Crippen molar-refractivity contribution >= 4 is 28.6 Å². The monoisotopic (exact) mass is 465 g/mol. The van der Waals surface area contributed by atoms with Crippen LogP contribution in [0.1, 0.15) is 44.1 Å². The smallest absolute Gasteiger partial charge is 0.271 e. The van der Waals surface area contributed by atoms with Gasteiger partial charge in [-0.25, -0.2) is 0 Å². The number of likely N-dealkylation sites (tertiary alicyclic amines) is 1. The van der Waals surface area contributed by atoms with E-state index < -0.39 is 17.5 Å². The van der Waals surface area contributed by atoms with Crippen molar-refractivity contribution in [2.75, 3.05) is 20.2 Å². The molecule has 2 fully saturated rings. The number of nitrogens with zero attached hydrogens (tertiary/aromatic N) is 2. The van der Waals surface area contributed by atoms with Crippen LogP contribution in [-0.2, 0) is 9.59 Å². The van der Waals surface area contributed by atoms with E-state index >= 15 is 0 Å². The molecule has 9 nitrogen and oxygen atoms in total. The van der Waals surface area contributed by atoms with Gasteiger partial charge in [0.15, 0.2) is 0 Å². The number of methoxy groups -OCH3 is 1. The number of nitrogens with one attached hydrogen (secondary N) is 3. The number of rotatable bonds is 6. The maximum absolute atomic E-state index is 13.6. The number of carbonyl (C=O) groups excluding carboxylic acids is 3. The number of nitriles is 1. The average molecular weight is 466 g/mol. The van der Waals surface area contributed by atoms with Gasteiger partial charge in [-0.05, 0) is 42.4 Å². The molecule has 180 valence electrons. The summed E-state index contributed by atoms with van der Waals surface area (Å²) in [6.07, 6.45) is 0.903. The zero-order valence-electron chi connectivity index (χ0n) is 20.0. The minimum absolute atomic E-state index is 0.0623. The molecule has 2 aromatic rings. The molecule has 2 aliphatic rings. The standard InChI is InChI=1S/C25H31N5O4/c1-14-13-30(24(33)19-11-17-18(29-19)6-5-7-20(17)34-4)21(25(14,2)3)23(32)28-16(12-26)10-15-8-9-27-22(15)31/h5-7,11,14-16,21,29H,8-10,13H2,1-4H3,(H,27,31)(H,28,32)/t14-,15+,16+,21-/m1/s1. The first-order valence-electron chi connectivity index (χ1n) is 11.6. The first-order valence-corrected chi connectivity index (χ1v) is 11.6. The van der Waals surface area contributed by atoms with Gasteiger partial charge in [0, 0.05) is 29.9 Å². The third-order valence-corrected chi connectivity index (χ3v) is 7.50. The Labute approximate surface area is 198 Å². The molecule has 0 saturated carbocycles. The molecule has 0 unspecified atom stereocenters. The van der Waals surface area contributed by atoms with E-state index in [9.17, 15) is 19.6 Å². The van der Waals surface area contributed by atoms with E-state index in [0.717, 1.165) is 10.9 Å². The van der Waals surface area contributed by atoms with Crippen molar-refractivity contribution in [1.29, 1.82) is 5.26 Å². The molecule has 9 heteroatoms. The van der Waals surface area contributed by atoms with Crippen molar-refractivity contribution < 1.29 is 19.1 Å². The quantitative estimate of drug-likeness (QED) is 0.603. The Balaban J connectivity index is 1.58. The molecule has 34 heavy (non-hydrogen) atoms. The predicted molar refractivity (Wildman–Crippen MR) is 126 cm³/mol. The summed E-state index contributed by atoms with van der Waals surface area (Å²) in [5, 5.41) is 16.0. The lowest BCUT2D eigenvalue weighted by molar-refractivity contribution is -0.128. The van der Waals surface area contributed by atoms with Crippen LogP contribution in [0.4, 0.5) is 0 Å². The molecule has 1 aromatic carbocycles. The lowest BCUT2D eigenvalue weighted by Gasteiger charge is -2.33. The lowest BCUT2D eigenvalue weighted by Crippen LogP contribution is -2.53. The first kappa shape index (κ1) is 23.6. The fourth-order valence-electron chi connectivity index (χ4n) is 5.11. The van der Waals surface area contributed by atoms with Gasteiger partial charge in [0.1, 0.15) is 23.5 Å². The molecule has 3 heterocycles. The highest BCUT2D eigenvalue weighted by atomic mass is 16.5. The maximum atomic E-state index is 13.6. The van der Waals surface area contributed by atoms with Crippen molar-refractivity contribution in [3.63, 3.8) is 0 Å². The van der Waals surface area contributed by atoms with E-state index in [4.69, 9.17) is 4.74 Å². The largest absolute Gasteiger partial charge is 0.496 e. The van der Waals surface area contributed by atoms with E-state index in [1.165, 1.54) is 0 Å². The minimum Gasteiger partial charge on any atom is -0.496 e. The summed E-state index contributed by atoms with van der Waals surface area (Å²) in [7, 11) is 1.58. The van der Waals surface area contributed by atoms with Crippen molar-refractivity contribution in [3.8, 4) is 11.8 Å². The topological polar surface area (TPSA) is 127 Å². The van der Waals surface area contributed by atoms with Crippen LogP contribution < -0.4 is 15.4 Å². The minimum atomic E-state index is -0.803. The fourth-order valence-corrected chi connectivity index (χ4v) is 5.11. The van der Waals surface area contributed by atoms with Crippen LogP contribution in [0.25, 0.3) is 10.9 Å². The molecular weight excluding hydrogens is 434 g/mol. The van der Waals surface area contributed by atoms with Crippen molar-refractivity contribution in [2.45, 2.75) is 45.7 Å². The molecule has 4 rings (SSSR count). The zero-order valence-corrected chi connectivity index (χ0v) is 20.0. The van der Waals surface area contributed by atoms with Gasteiger partial charge in [-0.2, -0.15) is 5.26 Å². The molecule has 3 amide bonds. The van der Waals surface area contributed by atoms with E-state index in [-0.39, 0.29) is 36.0 Å². The third kappa shape index (κ3) is 4.09. The van der Waals surface area contributed by atoms with E-state index in [0.29, 0.717) is 31.0 Å².